The van der Waals surface area contributed by atoms with E-state index in [2.05, 4.69) is 25.9 Å². The number of aryl methyl sites for hydroxylation is 3. The van der Waals surface area contributed by atoms with E-state index in [9.17, 15) is 9.18 Å². The van der Waals surface area contributed by atoms with Crippen molar-refractivity contribution >= 4 is 34.7 Å². The molecule has 3 aromatic carbocycles. The number of rotatable bonds is 6. The van der Waals surface area contributed by atoms with Gasteiger partial charge < -0.3 is 16.0 Å². The molecule has 33 heavy (non-hydrogen) atoms. The van der Waals surface area contributed by atoms with Crippen molar-refractivity contribution in [2.45, 2.75) is 20.8 Å². The van der Waals surface area contributed by atoms with Gasteiger partial charge in [0.15, 0.2) is 5.82 Å². The van der Waals surface area contributed by atoms with E-state index >= 15 is 0 Å². The van der Waals surface area contributed by atoms with Crippen molar-refractivity contribution < 1.29 is 9.18 Å². The number of aromatic nitrogens is 2. The van der Waals surface area contributed by atoms with Crippen LogP contribution in [0.1, 0.15) is 27.2 Å². The highest BCUT2D eigenvalue weighted by Crippen LogP contribution is 2.29. The quantitative estimate of drug-likeness (QED) is 0.328. The Bertz CT molecular complexity index is 1270. The molecular formula is C26H24FN5O. The minimum absolute atomic E-state index is 0.332. The zero-order valence-electron chi connectivity index (χ0n) is 18.6. The molecule has 0 fully saturated rings. The Kier molecular flexibility index (Phi) is 6.31. The van der Waals surface area contributed by atoms with Crippen LogP contribution in [0.3, 0.4) is 0 Å². The second-order valence-electron chi connectivity index (χ2n) is 7.80. The van der Waals surface area contributed by atoms with E-state index in [1.54, 1.807) is 6.92 Å². The van der Waals surface area contributed by atoms with Gasteiger partial charge in [0.2, 0.25) is 5.95 Å². The van der Waals surface area contributed by atoms with Crippen molar-refractivity contribution in [2.24, 2.45) is 0 Å². The Morgan fingerprint density at radius 1 is 0.727 bits per heavy atom. The summed E-state index contributed by atoms with van der Waals surface area (Å²) >= 11 is 0. The van der Waals surface area contributed by atoms with Crippen LogP contribution in [0.15, 0.2) is 72.8 Å². The van der Waals surface area contributed by atoms with E-state index in [4.69, 9.17) is 0 Å². The van der Waals surface area contributed by atoms with E-state index in [0.29, 0.717) is 28.7 Å². The van der Waals surface area contributed by atoms with Crippen LogP contribution in [0.5, 0.6) is 0 Å². The highest BCUT2D eigenvalue weighted by molar-refractivity contribution is 6.06. The molecule has 3 N–H and O–H groups in total. The Labute approximate surface area is 191 Å². The summed E-state index contributed by atoms with van der Waals surface area (Å²) in [7, 11) is 0. The number of carbonyl (C=O) groups is 1. The van der Waals surface area contributed by atoms with Gasteiger partial charge in [0.1, 0.15) is 11.5 Å². The van der Waals surface area contributed by atoms with Gasteiger partial charge in [-0.05, 0) is 69.3 Å². The minimum Gasteiger partial charge on any atom is -0.338 e. The summed E-state index contributed by atoms with van der Waals surface area (Å²) in [5.41, 5.74) is 5.30. The van der Waals surface area contributed by atoms with E-state index < -0.39 is 5.82 Å². The van der Waals surface area contributed by atoms with E-state index in [-0.39, 0.29) is 5.91 Å². The molecule has 4 rings (SSSR count). The van der Waals surface area contributed by atoms with Crippen LogP contribution in [0.2, 0.25) is 0 Å². The minimum atomic E-state index is -0.403. The third-order valence-corrected chi connectivity index (χ3v) is 5.06. The zero-order valence-corrected chi connectivity index (χ0v) is 18.6. The van der Waals surface area contributed by atoms with Crippen molar-refractivity contribution in [3.8, 4) is 0 Å². The van der Waals surface area contributed by atoms with Gasteiger partial charge in [-0.2, -0.15) is 4.98 Å². The summed E-state index contributed by atoms with van der Waals surface area (Å²) in [6.07, 6.45) is 0. The normalized spacial score (nSPS) is 10.5. The number of nitrogens with zero attached hydrogens (tertiary/aromatic N) is 2. The average molecular weight is 442 g/mol. The van der Waals surface area contributed by atoms with Crippen molar-refractivity contribution in [3.63, 3.8) is 0 Å². The van der Waals surface area contributed by atoms with Gasteiger partial charge in [0.05, 0.1) is 5.69 Å². The summed E-state index contributed by atoms with van der Waals surface area (Å²) in [4.78, 5) is 22.0. The van der Waals surface area contributed by atoms with Crippen LogP contribution >= 0.6 is 0 Å². The molecule has 1 amide bonds. The molecule has 0 aliphatic carbocycles. The molecular weight excluding hydrogens is 417 g/mol. The zero-order chi connectivity index (χ0) is 23.4. The molecule has 6 nitrogen and oxygen atoms in total. The monoisotopic (exact) mass is 441 g/mol. The number of anilines is 5. The molecule has 7 heteroatoms. The van der Waals surface area contributed by atoms with Crippen molar-refractivity contribution in [1.29, 1.82) is 0 Å². The maximum atomic E-state index is 13.3. The largest absolute Gasteiger partial charge is 0.338 e. The first-order valence-corrected chi connectivity index (χ1v) is 10.5. The Balaban J connectivity index is 1.68. The van der Waals surface area contributed by atoms with Crippen LogP contribution in [0, 0.1) is 26.6 Å². The van der Waals surface area contributed by atoms with Crippen LogP contribution in [-0.2, 0) is 0 Å². The van der Waals surface area contributed by atoms with Crippen molar-refractivity contribution in [2.75, 3.05) is 16.0 Å². The molecule has 0 aliphatic rings. The highest BCUT2D eigenvalue weighted by Gasteiger charge is 2.16. The second kappa shape index (κ2) is 9.48. The molecule has 0 spiro atoms. The maximum Gasteiger partial charge on any atom is 0.255 e. The SMILES string of the molecule is Cc1ccc(Nc2nc(C)c(NC(=O)c3ccc(F)cc3)c(Nc3ccc(C)cc3)n2)cc1. The summed E-state index contributed by atoms with van der Waals surface area (Å²) in [6.45, 7) is 5.83. The van der Waals surface area contributed by atoms with E-state index in [1.807, 2.05) is 62.4 Å². The number of hydrogen-bond donors (Lipinski definition) is 3. The van der Waals surface area contributed by atoms with E-state index in [1.165, 1.54) is 24.3 Å². The Morgan fingerprint density at radius 2 is 1.27 bits per heavy atom. The molecule has 0 atom stereocenters. The molecule has 0 bridgehead atoms. The van der Waals surface area contributed by atoms with Gasteiger partial charge in [0, 0.05) is 16.9 Å². The number of carbonyl (C=O) groups excluding carboxylic acids is 1. The topological polar surface area (TPSA) is 78.9 Å². The fourth-order valence-corrected chi connectivity index (χ4v) is 3.20. The number of benzene rings is 3. The molecule has 0 unspecified atom stereocenters. The number of hydrogen-bond acceptors (Lipinski definition) is 5. The highest BCUT2D eigenvalue weighted by atomic mass is 19.1. The summed E-state index contributed by atoms with van der Waals surface area (Å²) in [5, 5.41) is 9.35. The molecule has 4 aromatic rings. The van der Waals surface area contributed by atoms with Gasteiger partial charge in [-0.25, -0.2) is 9.37 Å². The molecule has 0 radical (unpaired) electrons. The fraction of sp³-hybridized carbons (Fsp3) is 0.115. The number of nitrogens with one attached hydrogen (secondary N) is 3. The molecule has 1 aromatic heterocycles. The van der Waals surface area contributed by atoms with Crippen LogP contribution in [0.4, 0.5) is 33.2 Å². The van der Waals surface area contributed by atoms with E-state index in [0.717, 1.165) is 22.5 Å². The molecule has 1 heterocycles. The first kappa shape index (κ1) is 22.0. The van der Waals surface area contributed by atoms with Gasteiger partial charge in [0.25, 0.3) is 5.91 Å². The second-order valence-corrected chi connectivity index (χ2v) is 7.80. The van der Waals surface area contributed by atoms with Gasteiger partial charge in [-0.1, -0.05) is 35.4 Å². The summed E-state index contributed by atoms with van der Waals surface area (Å²) in [5.74, 6) is 0.0504. The summed E-state index contributed by atoms with van der Waals surface area (Å²) < 4.78 is 13.3. The number of halogens is 1. The Morgan fingerprint density at radius 3 is 1.85 bits per heavy atom. The third-order valence-electron chi connectivity index (χ3n) is 5.06. The van der Waals surface area contributed by atoms with Crippen molar-refractivity contribution in [1.82, 2.24) is 9.97 Å². The third kappa shape index (κ3) is 5.51. The van der Waals surface area contributed by atoms with Crippen LogP contribution < -0.4 is 16.0 Å². The molecule has 0 saturated carbocycles. The predicted molar refractivity (Wildman–Crippen MR) is 130 cm³/mol. The lowest BCUT2D eigenvalue weighted by Gasteiger charge is -2.16. The lowest BCUT2D eigenvalue weighted by atomic mass is 10.2. The molecule has 0 aliphatic heterocycles. The fourth-order valence-electron chi connectivity index (χ4n) is 3.20. The summed E-state index contributed by atoms with van der Waals surface area (Å²) in [6, 6.07) is 21.1. The first-order valence-electron chi connectivity index (χ1n) is 10.5. The molecule has 166 valence electrons. The lowest BCUT2D eigenvalue weighted by molar-refractivity contribution is 0.102. The van der Waals surface area contributed by atoms with Gasteiger partial charge in [-0.15, -0.1) is 0 Å². The predicted octanol–water partition coefficient (Wildman–Crippen LogP) is 6.28. The smallest absolute Gasteiger partial charge is 0.255 e. The standard InChI is InChI=1S/C26H24FN5O/c1-16-4-12-21(13-5-16)29-24-23(31-25(33)19-8-10-20(27)11-9-19)18(3)28-26(32-24)30-22-14-6-17(2)7-15-22/h4-15H,1-3H3,(H,31,33)(H2,28,29,30,32). The first-order chi connectivity index (χ1) is 15.9. The van der Waals surface area contributed by atoms with Gasteiger partial charge >= 0.3 is 0 Å². The van der Waals surface area contributed by atoms with Crippen LogP contribution in [0.25, 0.3) is 0 Å². The number of amides is 1. The van der Waals surface area contributed by atoms with Crippen molar-refractivity contribution in [3.05, 3.63) is 101 Å². The van der Waals surface area contributed by atoms with Crippen LogP contribution in [-0.4, -0.2) is 15.9 Å². The van der Waals surface area contributed by atoms with Gasteiger partial charge in [-0.3, -0.25) is 4.79 Å². The Hall–Kier alpha value is -4.26. The maximum absolute atomic E-state index is 13.3. The molecule has 0 saturated heterocycles. The average Bonchev–Trinajstić information content (AvgIpc) is 2.79. The lowest BCUT2D eigenvalue weighted by Crippen LogP contribution is -2.16.